The molecule has 0 saturated heterocycles. The van der Waals surface area contributed by atoms with Gasteiger partial charge in [0.2, 0.25) is 0 Å². The number of nitro groups is 1. The van der Waals surface area contributed by atoms with Gasteiger partial charge in [0, 0.05) is 5.10 Å². The lowest BCUT2D eigenvalue weighted by molar-refractivity contribution is -0.352. The number of azo groups is 1. The first-order chi connectivity index (χ1) is 14.5. The van der Waals surface area contributed by atoms with E-state index in [1.165, 1.54) is 0 Å². The number of hydrazone groups is 1. The molecule has 0 fully saturated rings. The molecule has 0 aliphatic rings. The molecular formula is C21H13Br2N5O2. The van der Waals surface area contributed by atoms with Gasteiger partial charge in [0.15, 0.2) is 0 Å². The Hall–Kier alpha value is -3.17. The molecule has 148 valence electrons. The highest BCUT2D eigenvalue weighted by Gasteiger charge is 2.15. The molecule has 0 spiro atoms. The van der Waals surface area contributed by atoms with E-state index in [0.29, 0.717) is 15.8 Å². The summed E-state index contributed by atoms with van der Waals surface area (Å²) in [7, 11) is 0. The van der Waals surface area contributed by atoms with Crippen LogP contribution >= 0.6 is 31.9 Å². The summed E-state index contributed by atoms with van der Waals surface area (Å²) in [6.07, 6.45) is 0. The fraction of sp³-hybridized carbons (Fsp3) is 0. The maximum Gasteiger partial charge on any atom is 0.511 e. The van der Waals surface area contributed by atoms with Crippen LogP contribution in [0.2, 0.25) is 0 Å². The minimum absolute atomic E-state index is 0.468. The highest BCUT2D eigenvalue weighted by molar-refractivity contribution is 9.11. The van der Waals surface area contributed by atoms with Crippen molar-refractivity contribution < 1.29 is 4.92 Å². The van der Waals surface area contributed by atoms with Gasteiger partial charge in [0.05, 0.1) is 19.7 Å². The van der Waals surface area contributed by atoms with Crippen LogP contribution in [-0.4, -0.2) is 10.9 Å². The van der Waals surface area contributed by atoms with E-state index < -0.39 is 10.9 Å². The van der Waals surface area contributed by atoms with E-state index in [1.807, 2.05) is 60.7 Å². The van der Waals surface area contributed by atoms with Crippen LogP contribution in [0.4, 0.5) is 11.4 Å². The zero-order valence-electron chi connectivity index (χ0n) is 15.3. The van der Waals surface area contributed by atoms with E-state index in [9.17, 15) is 10.1 Å². The zero-order chi connectivity index (χ0) is 21.1. The Kier molecular flexibility index (Phi) is 5.82. The third-order valence-electron chi connectivity index (χ3n) is 4.39. The van der Waals surface area contributed by atoms with Crippen LogP contribution in [0.3, 0.4) is 0 Å². The maximum absolute atomic E-state index is 11.4. The van der Waals surface area contributed by atoms with Gasteiger partial charge in [-0.2, -0.15) is 0 Å². The van der Waals surface area contributed by atoms with Crippen LogP contribution in [0.15, 0.2) is 97.1 Å². The van der Waals surface area contributed by atoms with Gasteiger partial charge in [0.1, 0.15) is 5.69 Å². The van der Waals surface area contributed by atoms with E-state index in [0.717, 1.165) is 26.0 Å². The van der Waals surface area contributed by atoms with Gasteiger partial charge in [-0.15, -0.1) is 0 Å². The number of hydrogen-bond donors (Lipinski definition) is 1. The largest absolute Gasteiger partial charge is 0.511 e. The molecule has 7 nitrogen and oxygen atoms in total. The summed E-state index contributed by atoms with van der Waals surface area (Å²) in [5.74, 6) is -0.657. The molecule has 0 heterocycles. The van der Waals surface area contributed by atoms with Gasteiger partial charge >= 0.3 is 5.96 Å². The first-order valence-corrected chi connectivity index (χ1v) is 10.4. The molecule has 0 atom stereocenters. The molecule has 0 aliphatic heterocycles. The smallest absolute Gasteiger partial charge is 0.390 e. The summed E-state index contributed by atoms with van der Waals surface area (Å²) in [6.45, 7) is 0. The molecule has 1 N–H and O–H groups in total. The topological polar surface area (TPSA) is 92.2 Å². The highest BCUT2D eigenvalue weighted by atomic mass is 79.9. The van der Waals surface area contributed by atoms with Crippen LogP contribution in [0.1, 0.15) is 0 Å². The van der Waals surface area contributed by atoms with Gasteiger partial charge in [-0.05, 0) is 70.5 Å². The van der Waals surface area contributed by atoms with Crippen molar-refractivity contribution in [3.63, 3.8) is 0 Å². The number of fused-ring (bicyclic) bond motifs is 2. The van der Waals surface area contributed by atoms with E-state index >= 15 is 0 Å². The quantitative estimate of drug-likeness (QED) is 0.1000. The number of rotatable bonds is 3. The molecule has 4 aromatic rings. The van der Waals surface area contributed by atoms with E-state index in [-0.39, 0.29) is 0 Å². The highest BCUT2D eigenvalue weighted by Crippen LogP contribution is 2.34. The Morgan fingerprint density at radius 2 is 1.43 bits per heavy atom. The molecule has 30 heavy (non-hydrogen) atoms. The van der Waals surface area contributed by atoms with Crippen molar-refractivity contribution >= 4 is 70.7 Å². The third kappa shape index (κ3) is 4.07. The van der Waals surface area contributed by atoms with Crippen molar-refractivity contribution in [2.45, 2.75) is 0 Å². The van der Waals surface area contributed by atoms with Crippen LogP contribution in [-0.2, 0) is 0 Å². The number of nitrogens with one attached hydrogen (secondary N) is 1. The minimum Gasteiger partial charge on any atom is -0.390 e. The number of halogens is 2. The van der Waals surface area contributed by atoms with Crippen molar-refractivity contribution in [3.05, 3.63) is 91.9 Å². The predicted octanol–water partition coefficient (Wildman–Crippen LogP) is 7.26. The second-order valence-corrected chi connectivity index (χ2v) is 7.83. The van der Waals surface area contributed by atoms with Gasteiger partial charge in [-0.1, -0.05) is 65.8 Å². The zero-order valence-corrected chi connectivity index (χ0v) is 18.5. The first-order valence-electron chi connectivity index (χ1n) is 8.79. The van der Waals surface area contributed by atoms with E-state index in [2.05, 4.69) is 52.6 Å². The number of hydrogen-bond acceptors (Lipinski definition) is 5. The monoisotopic (exact) mass is 525 g/mol. The summed E-state index contributed by atoms with van der Waals surface area (Å²) in [6, 6.07) is 22.8. The van der Waals surface area contributed by atoms with Crippen molar-refractivity contribution in [1.82, 2.24) is 0 Å². The minimum atomic E-state index is -0.694. The van der Waals surface area contributed by atoms with Crippen molar-refractivity contribution in [3.8, 4) is 0 Å². The number of nitrogens with zero attached hydrogens (tertiary/aromatic N) is 4. The van der Waals surface area contributed by atoms with Crippen molar-refractivity contribution in [2.75, 3.05) is 5.43 Å². The van der Waals surface area contributed by atoms with Gasteiger partial charge in [-0.3, -0.25) is 0 Å². The average molecular weight is 527 g/mol. The summed E-state index contributed by atoms with van der Waals surface area (Å²) in [5.41, 5.74) is 3.75. The fourth-order valence-corrected chi connectivity index (χ4v) is 4.08. The molecular weight excluding hydrogens is 514 g/mol. The van der Waals surface area contributed by atoms with E-state index in [4.69, 9.17) is 0 Å². The molecule has 0 bridgehead atoms. The van der Waals surface area contributed by atoms with Gasteiger partial charge in [0.25, 0.3) is 0 Å². The second-order valence-electron chi connectivity index (χ2n) is 6.25. The van der Waals surface area contributed by atoms with Gasteiger partial charge < -0.3 is 10.1 Å². The molecule has 0 saturated carbocycles. The molecule has 4 rings (SSSR count). The summed E-state index contributed by atoms with van der Waals surface area (Å²) >= 11 is 7.01. The second kappa shape index (κ2) is 8.68. The van der Waals surface area contributed by atoms with Crippen molar-refractivity contribution in [2.24, 2.45) is 15.3 Å². The lowest BCUT2D eigenvalue weighted by Crippen LogP contribution is -2.10. The Balaban J connectivity index is 1.63. The van der Waals surface area contributed by atoms with Crippen LogP contribution in [0.25, 0.3) is 21.5 Å². The normalized spacial score (nSPS) is 12.0. The number of benzene rings is 4. The molecule has 9 heteroatoms. The summed E-state index contributed by atoms with van der Waals surface area (Å²) in [5, 5.41) is 26.9. The van der Waals surface area contributed by atoms with Crippen molar-refractivity contribution in [1.29, 1.82) is 0 Å². The Bertz CT molecular complexity index is 1340. The first kappa shape index (κ1) is 20.1. The number of guanidine groups is 1. The summed E-state index contributed by atoms with van der Waals surface area (Å²) in [4.78, 5) is 10.7. The Morgan fingerprint density at radius 1 is 0.833 bits per heavy atom. The molecule has 4 aromatic carbocycles. The molecule has 0 unspecified atom stereocenters. The SMILES string of the molecule is O=[N+]([O-])/C(N=Nc1ccc2ccccc2c1Br)=N/Nc1ccc2ccccc2c1Br. The molecule has 0 radical (unpaired) electrons. The standard InChI is InChI=1S/C21H13Br2N5O2/c22-19-15-7-3-1-5-13(15)9-11-17(19)24-26-21(28(29)30)27-25-18-12-10-14-6-2-4-8-16(14)20(18)23/h1-12,24H/b26-21+,27-25?. The average Bonchev–Trinajstić information content (AvgIpc) is 2.76. The van der Waals surface area contributed by atoms with E-state index in [1.54, 1.807) is 12.1 Å². The number of anilines is 1. The van der Waals surface area contributed by atoms with Gasteiger partial charge in [-0.25, -0.2) is 5.43 Å². The Morgan fingerprint density at radius 3 is 2.10 bits per heavy atom. The molecule has 0 aliphatic carbocycles. The fourth-order valence-electron chi connectivity index (χ4n) is 2.93. The molecule has 0 amide bonds. The Labute approximate surface area is 187 Å². The maximum atomic E-state index is 11.4. The lowest BCUT2D eigenvalue weighted by atomic mass is 10.1. The third-order valence-corrected chi connectivity index (χ3v) is 6.08. The molecule has 0 aromatic heterocycles. The summed E-state index contributed by atoms with van der Waals surface area (Å²) < 4.78 is 1.46. The lowest BCUT2D eigenvalue weighted by Gasteiger charge is -2.05. The van der Waals surface area contributed by atoms with Crippen LogP contribution in [0, 0.1) is 10.1 Å². The van der Waals surface area contributed by atoms with Crippen LogP contribution < -0.4 is 5.43 Å². The predicted molar refractivity (Wildman–Crippen MR) is 126 cm³/mol. The van der Waals surface area contributed by atoms with Crippen LogP contribution in [0.5, 0.6) is 0 Å².